The van der Waals surface area contributed by atoms with E-state index in [1.165, 1.54) is 18.4 Å². The van der Waals surface area contributed by atoms with Gasteiger partial charge in [-0.25, -0.2) is 0 Å². The predicted molar refractivity (Wildman–Crippen MR) is 63.2 cm³/mol. The Morgan fingerprint density at radius 2 is 1.85 bits per heavy atom. The van der Waals surface area contributed by atoms with Crippen molar-refractivity contribution in [3.8, 4) is 0 Å². The van der Waals surface area contributed by atoms with Crippen molar-refractivity contribution in [2.75, 3.05) is 0 Å². The van der Waals surface area contributed by atoms with Crippen LogP contribution in [-0.4, -0.2) is 10.5 Å². The molecule has 1 heterocycles. The van der Waals surface area contributed by atoms with Gasteiger partial charge in [0.2, 0.25) is 0 Å². The second kappa shape index (κ2) is 4.54. The van der Waals surface area contributed by atoms with Crippen molar-refractivity contribution >= 4 is 11.8 Å². The lowest BCUT2D eigenvalue weighted by atomic mass is 9.87. The zero-order chi connectivity index (χ0) is 10.0. The first kappa shape index (κ1) is 11.2. The lowest BCUT2D eigenvalue weighted by Crippen LogP contribution is -2.24. The lowest BCUT2D eigenvalue weighted by molar-refractivity contribution is 0.358. The molecule has 13 heavy (non-hydrogen) atoms. The van der Waals surface area contributed by atoms with Gasteiger partial charge in [0.05, 0.1) is 0 Å². The second-order valence-electron chi connectivity index (χ2n) is 4.52. The number of hydrogen-bond donors (Lipinski definition) is 0. The maximum atomic E-state index is 4.17. The summed E-state index contributed by atoms with van der Waals surface area (Å²) in [5, 5.41) is 1.44. The Morgan fingerprint density at radius 3 is 2.46 bits per heavy atom. The number of rotatable bonds is 0. The van der Waals surface area contributed by atoms with Crippen molar-refractivity contribution in [2.24, 2.45) is 11.8 Å². The van der Waals surface area contributed by atoms with E-state index in [4.69, 9.17) is 0 Å². The molecular weight excluding hydrogens is 176 g/mol. The van der Waals surface area contributed by atoms with Crippen LogP contribution in [-0.2, 0) is 0 Å². The van der Waals surface area contributed by atoms with Gasteiger partial charge in [0.25, 0.3) is 0 Å². The molecule has 1 rings (SSSR count). The molecule has 1 heteroatoms. The van der Waals surface area contributed by atoms with E-state index in [0.29, 0.717) is 5.25 Å². The fourth-order valence-corrected chi connectivity index (χ4v) is 3.35. The van der Waals surface area contributed by atoms with Gasteiger partial charge in [-0.1, -0.05) is 32.9 Å². The minimum absolute atomic E-state index is 0.657. The molecule has 1 aliphatic rings. The summed E-state index contributed by atoms with van der Waals surface area (Å²) in [4.78, 5) is 0. The molecular formula is C12H22S. The van der Waals surface area contributed by atoms with Gasteiger partial charge in [0.15, 0.2) is 0 Å². The normalized spacial score (nSPS) is 42.6. The maximum Gasteiger partial charge on any atom is 0.0228 e. The second-order valence-corrected chi connectivity index (χ2v) is 6.24. The average molecular weight is 198 g/mol. The Labute approximate surface area is 87.2 Å². The molecule has 0 saturated carbocycles. The molecule has 1 saturated heterocycles. The minimum atomic E-state index is 0.657. The highest BCUT2D eigenvalue weighted by molar-refractivity contribution is 8.00. The van der Waals surface area contributed by atoms with E-state index >= 15 is 0 Å². The predicted octanol–water partition coefficient (Wildman–Crippen LogP) is 4.12. The first-order valence-electron chi connectivity index (χ1n) is 5.35. The molecule has 4 unspecified atom stereocenters. The smallest absolute Gasteiger partial charge is 0.0228 e. The van der Waals surface area contributed by atoms with Gasteiger partial charge in [-0.05, 0) is 31.6 Å². The molecule has 0 aromatic carbocycles. The highest BCUT2D eigenvalue weighted by atomic mass is 32.2. The summed E-state index contributed by atoms with van der Waals surface area (Å²) >= 11 is 2.10. The van der Waals surface area contributed by atoms with E-state index in [1.54, 1.807) is 0 Å². The monoisotopic (exact) mass is 198 g/mol. The third-order valence-electron chi connectivity index (χ3n) is 3.55. The molecule has 0 spiro atoms. The van der Waals surface area contributed by atoms with Crippen LogP contribution in [0.2, 0.25) is 0 Å². The summed E-state index contributed by atoms with van der Waals surface area (Å²) in [5.41, 5.74) is 1.44. The van der Waals surface area contributed by atoms with Gasteiger partial charge in [-0.2, -0.15) is 11.8 Å². The Kier molecular flexibility index (Phi) is 3.90. The third kappa shape index (κ3) is 2.77. The third-order valence-corrected chi connectivity index (χ3v) is 5.15. The van der Waals surface area contributed by atoms with Crippen molar-refractivity contribution in [3.63, 3.8) is 0 Å². The molecule has 0 radical (unpaired) electrons. The molecule has 0 aliphatic carbocycles. The van der Waals surface area contributed by atoms with Gasteiger partial charge >= 0.3 is 0 Å². The molecule has 0 aromatic heterocycles. The molecule has 0 bridgehead atoms. The van der Waals surface area contributed by atoms with Gasteiger partial charge in [-0.3, -0.25) is 0 Å². The summed E-state index contributed by atoms with van der Waals surface area (Å²) in [6.45, 7) is 13.6. The SMILES string of the molecule is C=C1CCC(C)C(C)C(C)SC1C. The van der Waals surface area contributed by atoms with E-state index in [9.17, 15) is 0 Å². The van der Waals surface area contributed by atoms with Gasteiger partial charge in [-0.15, -0.1) is 0 Å². The first-order chi connectivity index (χ1) is 6.02. The lowest BCUT2D eigenvalue weighted by Gasteiger charge is -2.32. The Hall–Kier alpha value is 0.0900. The van der Waals surface area contributed by atoms with Crippen molar-refractivity contribution in [3.05, 3.63) is 12.2 Å². The zero-order valence-corrected chi connectivity index (χ0v) is 10.2. The van der Waals surface area contributed by atoms with E-state index in [1.807, 2.05) is 0 Å². The van der Waals surface area contributed by atoms with Crippen LogP contribution in [0.1, 0.15) is 40.5 Å². The van der Waals surface area contributed by atoms with Crippen LogP contribution in [0.3, 0.4) is 0 Å². The quantitative estimate of drug-likeness (QED) is 0.528. The molecule has 0 aromatic rings. The zero-order valence-electron chi connectivity index (χ0n) is 9.34. The van der Waals surface area contributed by atoms with Crippen molar-refractivity contribution in [1.29, 1.82) is 0 Å². The highest BCUT2D eigenvalue weighted by Gasteiger charge is 2.25. The first-order valence-corrected chi connectivity index (χ1v) is 6.29. The largest absolute Gasteiger partial charge is 0.151 e. The molecule has 4 atom stereocenters. The van der Waals surface area contributed by atoms with Crippen molar-refractivity contribution in [2.45, 2.75) is 51.0 Å². The fourth-order valence-electron chi connectivity index (χ4n) is 1.88. The molecule has 1 fully saturated rings. The summed E-state index contributed by atoms with van der Waals surface area (Å²) in [7, 11) is 0. The van der Waals surface area contributed by atoms with Crippen LogP contribution in [0, 0.1) is 11.8 Å². The van der Waals surface area contributed by atoms with Gasteiger partial charge in [0, 0.05) is 10.5 Å². The maximum absolute atomic E-state index is 4.17. The van der Waals surface area contributed by atoms with Crippen LogP contribution in [0.4, 0.5) is 0 Å². The molecule has 76 valence electrons. The standard InChI is InChI=1S/C12H22S/c1-8-6-7-9(2)11(4)13-12(5)10(8)3/h8,10-12H,2,6-7H2,1,3-5H3. The highest BCUT2D eigenvalue weighted by Crippen LogP contribution is 2.37. The van der Waals surface area contributed by atoms with Crippen molar-refractivity contribution < 1.29 is 0 Å². The Balaban J connectivity index is 2.65. The van der Waals surface area contributed by atoms with Crippen LogP contribution in [0.5, 0.6) is 0 Å². The van der Waals surface area contributed by atoms with E-state index in [-0.39, 0.29) is 0 Å². The number of hydrogen-bond acceptors (Lipinski definition) is 1. The molecule has 0 amide bonds. The van der Waals surface area contributed by atoms with E-state index in [0.717, 1.165) is 17.1 Å². The summed E-state index contributed by atoms with van der Waals surface area (Å²) in [6, 6.07) is 0. The van der Waals surface area contributed by atoms with Gasteiger partial charge < -0.3 is 0 Å². The van der Waals surface area contributed by atoms with Crippen molar-refractivity contribution in [1.82, 2.24) is 0 Å². The molecule has 1 aliphatic heterocycles. The summed E-state index contributed by atoms with van der Waals surface area (Å²) in [5.74, 6) is 1.70. The molecule has 0 nitrogen and oxygen atoms in total. The van der Waals surface area contributed by atoms with Crippen LogP contribution in [0.15, 0.2) is 12.2 Å². The number of thioether (sulfide) groups is 1. The van der Waals surface area contributed by atoms with Gasteiger partial charge in [0.1, 0.15) is 0 Å². The van der Waals surface area contributed by atoms with Crippen LogP contribution in [0.25, 0.3) is 0 Å². The molecule has 0 N–H and O–H groups in total. The summed E-state index contributed by atoms with van der Waals surface area (Å²) < 4.78 is 0. The Bertz CT molecular complexity index is 186. The van der Waals surface area contributed by atoms with E-state index in [2.05, 4.69) is 46.0 Å². The average Bonchev–Trinajstić information content (AvgIpc) is 2.10. The van der Waals surface area contributed by atoms with Crippen LogP contribution < -0.4 is 0 Å². The minimum Gasteiger partial charge on any atom is -0.151 e. The van der Waals surface area contributed by atoms with Crippen LogP contribution >= 0.6 is 11.8 Å². The fraction of sp³-hybridized carbons (Fsp3) is 0.833. The van der Waals surface area contributed by atoms with E-state index < -0.39 is 0 Å². The summed E-state index contributed by atoms with van der Waals surface area (Å²) in [6.07, 6.45) is 2.56. The Morgan fingerprint density at radius 1 is 1.23 bits per heavy atom. The topological polar surface area (TPSA) is 0 Å².